The molecule has 35 heavy (non-hydrogen) atoms. The molecular weight excluding hydrogens is 442 g/mol. The molecule has 1 saturated heterocycles. The second-order valence-corrected chi connectivity index (χ2v) is 10.1. The maximum atomic E-state index is 12.2. The maximum absolute atomic E-state index is 12.2. The number of carbonyl (C=O) groups is 1. The number of aliphatic imine (C=N–C) groups is 2. The Kier molecular flexibility index (Phi) is 4.96. The van der Waals surface area contributed by atoms with Crippen molar-refractivity contribution in [2.45, 2.75) is 44.2 Å². The summed E-state index contributed by atoms with van der Waals surface area (Å²) in [5.41, 5.74) is 3.59. The van der Waals surface area contributed by atoms with Gasteiger partial charge in [-0.2, -0.15) is 0 Å². The number of aliphatic hydroxyl groups is 1. The van der Waals surface area contributed by atoms with E-state index in [9.17, 15) is 9.90 Å². The summed E-state index contributed by atoms with van der Waals surface area (Å²) in [6.45, 7) is 4.61. The fraction of sp³-hybridized carbons (Fsp3) is 0.308. The van der Waals surface area contributed by atoms with Crippen molar-refractivity contribution in [3.8, 4) is 0 Å². The molecule has 4 aliphatic heterocycles. The highest BCUT2D eigenvalue weighted by molar-refractivity contribution is 6.30. The van der Waals surface area contributed by atoms with Crippen LogP contribution in [-0.4, -0.2) is 51.4 Å². The van der Waals surface area contributed by atoms with E-state index in [0.29, 0.717) is 31.2 Å². The molecule has 6 rings (SSSR count). The average Bonchev–Trinajstić information content (AvgIpc) is 3.39. The number of amides is 1. The van der Waals surface area contributed by atoms with Crippen LogP contribution >= 0.6 is 0 Å². The maximum Gasteiger partial charge on any atom is 0.301 e. The van der Waals surface area contributed by atoms with Gasteiger partial charge in [-0.1, -0.05) is 50.2 Å². The number of nitrogens with zero attached hydrogens (tertiary/aromatic N) is 5. The highest BCUT2D eigenvalue weighted by Crippen LogP contribution is 2.41. The number of hydrogen-bond donors (Lipinski definition) is 3. The van der Waals surface area contributed by atoms with Crippen molar-refractivity contribution in [1.82, 2.24) is 5.01 Å². The van der Waals surface area contributed by atoms with Gasteiger partial charge in [0.25, 0.3) is 5.96 Å². The Morgan fingerprint density at radius 2 is 2.03 bits per heavy atom. The first-order valence-corrected chi connectivity index (χ1v) is 11.8. The first-order valence-electron chi connectivity index (χ1n) is 11.8. The Bertz CT molecular complexity index is 1310. The van der Waals surface area contributed by atoms with Gasteiger partial charge in [-0.05, 0) is 39.5 Å². The molecule has 3 unspecified atom stereocenters. The van der Waals surface area contributed by atoms with Crippen LogP contribution in [0.25, 0.3) is 0 Å². The summed E-state index contributed by atoms with van der Waals surface area (Å²) in [6, 6.07) is 16.1. The molecular formula is C26H28N7O2+. The lowest BCUT2D eigenvalue weighted by Crippen LogP contribution is -2.56. The number of rotatable bonds is 3. The lowest BCUT2D eigenvalue weighted by Gasteiger charge is -2.35. The Balaban J connectivity index is 1.34. The molecule has 3 N–H and O–H groups in total. The molecule has 9 heteroatoms. The van der Waals surface area contributed by atoms with Crippen molar-refractivity contribution in [2.24, 2.45) is 15.1 Å². The van der Waals surface area contributed by atoms with Gasteiger partial charge in [-0.25, -0.2) is 0 Å². The van der Waals surface area contributed by atoms with Gasteiger partial charge in [0.1, 0.15) is 6.21 Å². The summed E-state index contributed by atoms with van der Waals surface area (Å²) in [4.78, 5) is 21.2. The van der Waals surface area contributed by atoms with Crippen molar-refractivity contribution in [3.05, 3.63) is 72.1 Å². The predicted molar refractivity (Wildman–Crippen MR) is 136 cm³/mol. The topological polar surface area (TPSA) is 102 Å². The van der Waals surface area contributed by atoms with Gasteiger partial charge in [0.05, 0.1) is 24.9 Å². The van der Waals surface area contributed by atoms with E-state index in [2.05, 4.69) is 46.6 Å². The van der Waals surface area contributed by atoms with E-state index in [4.69, 9.17) is 10.1 Å². The second kappa shape index (κ2) is 7.94. The number of benzene rings is 2. The van der Waals surface area contributed by atoms with E-state index in [1.807, 2.05) is 42.6 Å². The third-order valence-electron chi connectivity index (χ3n) is 7.07. The van der Waals surface area contributed by atoms with Crippen LogP contribution in [-0.2, 0) is 10.2 Å². The zero-order valence-electron chi connectivity index (χ0n) is 19.7. The number of anilines is 2. The van der Waals surface area contributed by atoms with Gasteiger partial charge in [0.2, 0.25) is 5.91 Å². The number of guanidine groups is 1. The molecule has 4 heterocycles. The molecule has 0 radical (unpaired) electrons. The van der Waals surface area contributed by atoms with E-state index < -0.39 is 6.10 Å². The molecule has 1 amide bonds. The van der Waals surface area contributed by atoms with Gasteiger partial charge in [-0.3, -0.25) is 9.79 Å². The number of hydrogen-bond acceptors (Lipinski definition) is 7. The molecule has 9 nitrogen and oxygen atoms in total. The van der Waals surface area contributed by atoms with E-state index in [-0.39, 0.29) is 22.1 Å². The van der Waals surface area contributed by atoms with Gasteiger partial charge in [-0.15, -0.1) is 10.0 Å². The number of amidine groups is 1. The normalized spacial score (nSPS) is 28.7. The van der Waals surface area contributed by atoms with Gasteiger partial charge in [0, 0.05) is 23.2 Å². The highest BCUT2D eigenvalue weighted by Gasteiger charge is 2.53. The van der Waals surface area contributed by atoms with E-state index in [1.54, 1.807) is 12.4 Å². The average molecular weight is 471 g/mol. The van der Waals surface area contributed by atoms with Crippen LogP contribution in [0, 0.1) is 0 Å². The van der Waals surface area contributed by atoms with Gasteiger partial charge >= 0.3 is 5.84 Å². The van der Waals surface area contributed by atoms with Crippen LogP contribution in [0.1, 0.15) is 43.9 Å². The van der Waals surface area contributed by atoms with Gasteiger partial charge in [0.15, 0.2) is 6.20 Å². The summed E-state index contributed by atoms with van der Waals surface area (Å²) in [6.07, 6.45) is 5.91. The number of β-amino-alcohol motifs (C(OH)–C–C–N with tert-alkyl or cyclic N) is 1. The Labute approximate surface area is 203 Å². The minimum Gasteiger partial charge on any atom is -0.391 e. The summed E-state index contributed by atoms with van der Waals surface area (Å²) in [5.74, 6) is 1.10. The zero-order valence-corrected chi connectivity index (χ0v) is 19.7. The van der Waals surface area contributed by atoms with Gasteiger partial charge < -0.3 is 15.7 Å². The lowest BCUT2D eigenvalue weighted by atomic mass is 9.78. The predicted octanol–water partition coefficient (Wildman–Crippen LogP) is 3.50. The van der Waals surface area contributed by atoms with Crippen molar-refractivity contribution < 1.29 is 14.6 Å². The molecule has 3 atom stereocenters. The lowest BCUT2D eigenvalue weighted by molar-refractivity contribution is -0.921. The third-order valence-corrected chi connectivity index (χ3v) is 7.07. The van der Waals surface area contributed by atoms with Crippen LogP contribution in [0.2, 0.25) is 0 Å². The molecule has 178 valence electrons. The minimum atomic E-state index is -0.471. The number of quaternary nitrogens is 1. The van der Waals surface area contributed by atoms with E-state index in [1.165, 1.54) is 0 Å². The molecule has 1 fully saturated rings. The molecule has 2 aromatic carbocycles. The van der Waals surface area contributed by atoms with Crippen molar-refractivity contribution in [1.29, 1.82) is 0 Å². The number of nitrogens with one attached hydrogen (secondary N) is 2. The fourth-order valence-electron chi connectivity index (χ4n) is 5.45. The fourth-order valence-corrected chi connectivity index (χ4v) is 5.45. The molecule has 0 spiro atoms. The van der Waals surface area contributed by atoms with E-state index >= 15 is 0 Å². The molecule has 2 aromatic rings. The summed E-state index contributed by atoms with van der Waals surface area (Å²) < 4.78 is 0.0111. The largest absolute Gasteiger partial charge is 0.391 e. The van der Waals surface area contributed by atoms with Crippen molar-refractivity contribution in [2.75, 3.05) is 17.2 Å². The second-order valence-electron chi connectivity index (χ2n) is 10.1. The highest BCUT2D eigenvalue weighted by atomic mass is 16.3. The summed E-state index contributed by atoms with van der Waals surface area (Å²) in [7, 11) is 0. The number of aliphatic hydroxyl groups excluding tert-OH is 1. The Hall–Kier alpha value is -3.66. The van der Waals surface area contributed by atoms with Crippen LogP contribution in [0.15, 0.2) is 76.0 Å². The SMILES string of the molecule is CC1(C)CC(=O)Nc2cc(NC3=N[N+]4(N5CC(O)CC5c5ccccc5)C=CN=CC4=N3)ccc21. The zero-order chi connectivity index (χ0) is 24.2. The Morgan fingerprint density at radius 1 is 1.20 bits per heavy atom. The van der Waals surface area contributed by atoms with Crippen molar-refractivity contribution >= 4 is 35.3 Å². The van der Waals surface area contributed by atoms with E-state index in [0.717, 1.165) is 22.5 Å². The summed E-state index contributed by atoms with van der Waals surface area (Å²) >= 11 is 0. The number of fused-ring (bicyclic) bond motifs is 2. The quantitative estimate of drug-likeness (QED) is 0.598. The summed E-state index contributed by atoms with van der Waals surface area (Å²) in [5, 5.41) is 24.0. The van der Waals surface area contributed by atoms with Crippen molar-refractivity contribution in [3.63, 3.8) is 0 Å². The van der Waals surface area contributed by atoms with Crippen LogP contribution < -0.4 is 10.6 Å². The standard InChI is InChI=1S/C26H27N7O2/c1-26(2)14-24(35)29-21-12-18(8-9-20(21)26)28-25-30-23-15-27-10-11-33(23,31-25)32-16-19(34)13-22(32)17-6-4-3-5-7-17/h3-12,15,19,22,34H,13-14,16H2,1-2H3,(H-,28,29,31,35)/p+1. The van der Waals surface area contributed by atoms with Crippen LogP contribution in [0.4, 0.5) is 11.4 Å². The minimum absolute atomic E-state index is 0.0111. The molecule has 0 saturated carbocycles. The number of carbonyl (C=O) groups excluding carboxylic acids is 1. The molecule has 0 aromatic heterocycles. The molecule has 4 aliphatic rings. The third kappa shape index (κ3) is 3.68. The molecule has 0 bridgehead atoms. The smallest absolute Gasteiger partial charge is 0.301 e. The first-order chi connectivity index (χ1) is 16.8. The van der Waals surface area contributed by atoms with Crippen LogP contribution in [0.3, 0.4) is 0 Å². The Morgan fingerprint density at radius 3 is 2.86 bits per heavy atom. The van der Waals surface area contributed by atoms with Crippen LogP contribution in [0.5, 0.6) is 0 Å². The first kappa shape index (κ1) is 21.8. The molecule has 0 aliphatic carbocycles. The monoisotopic (exact) mass is 470 g/mol.